The van der Waals surface area contributed by atoms with Crippen LogP contribution in [0.25, 0.3) is 0 Å². The molecule has 0 radical (unpaired) electrons. The summed E-state index contributed by atoms with van der Waals surface area (Å²) in [5.41, 5.74) is 8.74. The van der Waals surface area contributed by atoms with E-state index in [9.17, 15) is 9.50 Å². The Labute approximate surface area is 102 Å². The SMILES string of the molecule is CCC(O)(CCN)C1=C/CC(C)=C=C(F)/C=C\1. The lowest BCUT2D eigenvalue weighted by Crippen LogP contribution is -2.32. The van der Waals surface area contributed by atoms with Gasteiger partial charge in [0.25, 0.3) is 0 Å². The van der Waals surface area contributed by atoms with E-state index in [1.165, 1.54) is 6.08 Å². The van der Waals surface area contributed by atoms with Crippen LogP contribution in [0.15, 0.2) is 40.9 Å². The number of nitrogens with two attached hydrogens (primary N) is 1. The van der Waals surface area contributed by atoms with Gasteiger partial charge in [-0.15, -0.1) is 0 Å². The average molecular weight is 237 g/mol. The van der Waals surface area contributed by atoms with Crippen LogP contribution in [0.2, 0.25) is 0 Å². The Morgan fingerprint density at radius 2 is 2.24 bits per heavy atom. The third-order valence-electron chi connectivity index (χ3n) is 3.05. The smallest absolute Gasteiger partial charge is 0.165 e. The molecule has 17 heavy (non-hydrogen) atoms. The van der Waals surface area contributed by atoms with Gasteiger partial charge in [-0.2, -0.15) is 4.39 Å². The number of hydrogen-bond donors (Lipinski definition) is 2. The lowest BCUT2D eigenvalue weighted by atomic mass is 9.85. The van der Waals surface area contributed by atoms with Crippen LogP contribution in [0.1, 0.15) is 33.1 Å². The molecule has 0 bridgehead atoms. The van der Waals surface area contributed by atoms with E-state index in [1.807, 2.05) is 19.9 Å². The van der Waals surface area contributed by atoms with Crippen LogP contribution in [-0.4, -0.2) is 17.3 Å². The van der Waals surface area contributed by atoms with Gasteiger partial charge >= 0.3 is 0 Å². The van der Waals surface area contributed by atoms with E-state index in [1.54, 1.807) is 6.08 Å². The molecule has 0 saturated heterocycles. The summed E-state index contributed by atoms with van der Waals surface area (Å²) in [4.78, 5) is 0. The second-order valence-corrected chi connectivity index (χ2v) is 4.37. The summed E-state index contributed by atoms with van der Waals surface area (Å²) in [6.07, 6.45) is 6.52. The van der Waals surface area contributed by atoms with E-state index in [4.69, 9.17) is 5.73 Å². The first-order valence-corrected chi connectivity index (χ1v) is 5.95. The van der Waals surface area contributed by atoms with Gasteiger partial charge in [0.05, 0.1) is 5.60 Å². The Balaban J connectivity index is 3.04. The summed E-state index contributed by atoms with van der Waals surface area (Å²) in [5.74, 6) is -0.403. The zero-order valence-corrected chi connectivity index (χ0v) is 10.5. The standard InChI is InChI=1S/C14H20FNO/c1-3-14(17,8-9-16)12-5-4-11(2)10-13(15)7-6-12/h5-7,17H,3-4,8-9,16H2,1-2H3/b7-6-,12-5+. The van der Waals surface area contributed by atoms with E-state index in [0.29, 0.717) is 25.8 Å². The highest BCUT2D eigenvalue weighted by molar-refractivity contribution is 5.35. The second-order valence-electron chi connectivity index (χ2n) is 4.37. The van der Waals surface area contributed by atoms with Gasteiger partial charge in [-0.1, -0.05) is 24.8 Å². The molecule has 1 rings (SSSR count). The van der Waals surface area contributed by atoms with Crippen molar-refractivity contribution in [1.82, 2.24) is 0 Å². The summed E-state index contributed by atoms with van der Waals surface area (Å²) in [6, 6.07) is 0. The molecule has 0 saturated carbocycles. The van der Waals surface area contributed by atoms with Crippen molar-refractivity contribution >= 4 is 0 Å². The first kappa shape index (κ1) is 13.9. The van der Waals surface area contributed by atoms with Gasteiger partial charge < -0.3 is 10.8 Å². The van der Waals surface area contributed by atoms with Crippen LogP contribution in [-0.2, 0) is 0 Å². The highest BCUT2D eigenvalue weighted by Gasteiger charge is 2.27. The van der Waals surface area contributed by atoms with E-state index in [0.717, 1.165) is 11.1 Å². The molecule has 0 spiro atoms. The Morgan fingerprint density at radius 3 is 2.82 bits per heavy atom. The maximum Gasteiger partial charge on any atom is 0.165 e. The van der Waals surface area contributed by atoms with E-state index >= 15 is 0 Å². The van der Waals surface area contributed by atoms with Gasteiger partial charge in [0.1, 0.15) is 0 Å². The lowest BCUT2D eigenvalue weighted by molar-refractivity contribution is 0.0708. The van der Waals surface area contributed by atoms with Crippen molar-refractivity contribution in [2.24, 2.45) is 5.73 Å². The van der Waals surface area contributed by atoms with Crippen molar-refractivity contribution in [3.8, 4) is 0 Å². The highest BCUT2D eigenvalue weighted by atomic mass is 19.1. The molecular weight excluding hydrogens is 217 g/mol. The van der Waals surface area contributed by atoms with Crippen molar-refractivity contribution in [2.75, 3.05) is 6.54 Å². The van der Waals surface area contributed by atoms with Crippen molar-refractivity contribution in [1.29, 1.82) is 0 Å². The average Bonchev–Trinajstić information content (AvgIpc) is 2.26. The zero-order valence-electron chi connectivity index (χ0n) is 10.5. The monoisotopic (exact) mass is 237 g/mol. The third kappa shape index (κ3) is 3.67. The van der Waals surface area contributed by atoms with Crippen LogP contribution in [0.4, 0.5) is 4.39 Å². The molecule has 1 aliphatic rings. The molecule has 1 atom stereocenters. The van der Waals surface area contributed by atoms with Crippen LogP contribution >= 0.6 is 0 Å². The van der Waals surface area contributed by atoms with Crippen molar-refractivity contribution in [2.45, 2.75) is 38.7 Å². The lowest BCUT2D eigenvalue weighted by Gasteiger charge is -2.28. The molecule has 0 heterocycles. The molecule has 1 unspecified atom stereocenters. The van der Waals surface area contributed by atoms with Crippen molar-refractivity contribution in [3.05, 3.63) is 40.9 Å². The number of allylic oxidation sites excluding steroid dienone is 3. The molecule has 0 amide bonds. The minimum absolute atomic E-state index is 0.403. The van der Waals surface area contributed by atoms with Gasteiger partial charge in [0.2, 0.25) is 0 Å². The van der Waals surface area contributed by atoms with Gasteiger partial charge in [-0.3, -0.25) is 0 Å². The summed E-state index contributed by atoms with van der Waals surface area (Å²) in [7, 11) is 0. The minimum Gasteiger partial charge on any atom is -0.385 e. The maximum atomic E-state index is 13.3. The zero-order chi connectivity index (χ0) is 12.9. The molecule has 3 N–H and O–H groups in total. The Morgan fingerprint density at radius 1 is 1.53 bits per heavy atom. The normalized spacial score (nSPS) is 24.6. The van der Waals surface area contributed by atoms with Crippen LogP contribution < -0.4 is 5.73 Å². The molecule has 1 aliphatic carbocycles. The van der Waals surface area contributed by atoms with Crippen LogP contribution in [0, 0.1) is 0 Å². The predicted molar refractivity (Wildman–Crippen MR) is 68.1 cm³/mol. The van der Waals surface area contributed by atoms with Crippen molar-refractivity contribution < 1.29 is 9.50 Å². The van der Waals surface area contributed by atoms with E-state index in [2.05, 4.69) is 5.73 Å². The molecule has 0 aliphatic heterocycles. The number of hydrogen-bond acceptors (Lipinski definition) is 2. The first-order valence-electron chi connectivity index (χ1n) is 5.95. The molecular formula is C14H20FNO. The highest BCUT2D eigenvalue weighted by Crippen LogP contribution is 2.28. The molecule has 0 aromatic carbocycles. The summed E-state index contributed by atoms with van der Waals surface area (Å²) >= 11 is 0. The molecule has 0 fully saturated rings. The van der Waals surface area contributed by atoms with Crippen LogP contribution in [0.3, 0.4) is 0 Å². The number of aliphatic hydroxyl groups is 1. The van der Waals surface area contributed by atoms with E-state index < -0.39 is 11.4 Å². The Kier molecular flexibility index (Phi) is 4.88. The quantitative estimate of drug-likeness (QED) is 0.738. The van der Waals surface area contributed by atoms with Gasteiger partial charge in [0.15, 0.2) is 5.83 Å². The number of rotatable bonds is 4. The molecule has 3 heteroatoms. The Bertz CT molecular complexity index is 402. The third-order valence-corrected chi connectivity index (χ3v) is 3.05. The topological polar surface area (TPSA) is 46.2 Å². The van der Waals surface area contributed by atoms with E-state index in [-0.39, 0.29) is 0 Å². The Hall–Kier alpha value is -1.15. The molecule has 2 nitrogen and oxygen atoms in total. The molecule has 0 aromatic heterocycles. The summed E-state index contributed by atoms with van der Waals surface area (Å²) in [5, 5.41) is 10.5. The van der Waals surface area contributed by atoms with Gasteiger partial charge in [0, 0.05) is 0 Å². The van der Waals surface area contributed by atoms with Crippen molar-refractivity contribution in [3.63, 3.8) is 0 Å². The first-order chi connectivity index (χ1) is 8.01. The maximum absolute atomic E-state index is 13.3. The number of halogens is 1. The predicted octanol–water partition coefficient (Wildman–Crippen LogP) is 2.76. The fraction of sp³-hybridized carbons (Fsp3) is 0.500. The molecule has 94 valence electrons. The minimum atomic E-state index is -0.955. The fourth-order valence-corrected chi connectivity index (χ4v) is 1.90. The largest absolute Gasteiger partial charge is 0.385 e. The van der Waals surface area contributed by atoms with Gasteiger partial charge in [-0.05, 0) is 50.0 Å². The fourth-order valence-electron chi connectivity index (χ4n) is 1.90. The molecule has 0 aromatic rings. The van der Waals surface area contributed by atoms with Crippen LogP contribution in [0.5, 0.6) is 0 Å². The summed E-state index contributed by atoms with van der Waals surface area (Å²) in [6.45, 7) is 4.13. The van der Waals surface area contributed by atoms with Gasteiger partial charge in [-0.25, -0.2) is 0 Å². The summed E-state index contributed by atoms with van der Waals surface area (Å²) < 4.78 is 13.3. The second kappa shape index (κ2) is 5.97.